The predicted octanol–water partition coefficient (Wildman–Crippen LogP) is 4.08. The number of benzene rings is 1. The minimum atomic E-state index is -3.34. The molecule has 1 rings (SSSR count). The molecule has 0 radical (unpaired) electrons. The van der Waals surface area contributed by atoms with Crippen LogP contribution < -0.4 is 0 Å². The van der Waals surface area contributed by atoms with E-state index in [9.17, 15) is 22.8 Å². The van der Waals surface area contributed by atoms with Crippen molar-refractivity contribution in [3.8, 4) is 0 Å². The minimum absolute atomic E-state index is 0.0624. The second kappa shape index (κ2) is 8.87. The van der Waals surface area contributed by atoms with Gasteiger partial charge in [0.05, 0.1) is 0 Å². The van der Waals surface area contributed by atoms with Gasteiger partial charge < -0.3 is 9.47 Å². The summed E-state index contributed by atoms with van der Waals surface area (Å²) in [5.41, 5.74) is -3.34. The van der Waals surface area contributed by atoms with Gasteiger partial charge in [0.1, 0.15) is 18.0 Å². The Bertz CT molecular complexity index is 635. The zero-order chi connectivity index (χ0) is 20.0. The van der Waals surface area contributed by atoms with Crippen molar-refractivity contribution in [1.29, 1.82) is 0 Å². The molecule has 1 aromatic carbocycles. The van der Waals surface area contributed by atoms with Gasteiger partial charge in [0, 0.05) is 0 Å². The van der Waals surface area contributed by atoms with Crippen LogP contribution in [0.3, 0.4) is 0 Å². The SMILES string of the molecule is C=CCOC(=O)C(CCc1ccc(F)cc1)(C(=O)OC(C)(C)C)C(F)F. The van der Waals surface area contributed by atoms with E-state index in [0.29, 0.717) is 5.56 Å². The van der Waals surface area contributed by atoms with Gasteiger partial charge in [-0.3, -0.25) is 9.59 Å². The van der Waals surface area contributed by atoms with Crippen LogP contribution in [0.1, 0.15) is 32.8 Å². The molecule has 26 heavy (non-hydrogen) atoms. The van der Waals surface area contributed by atoms with Crippen LogP contribution in [0.5, 0.6) is 0 Å². The Morgan fingerprint density at radius 3 is 2.19 bits per heavy atom. The van der Waals surface area contributed by atoms with Crippen molar-refractivity contribution in [2.24, 2.45) is 5.41 Å². The Morgan fingerprint density at radius 1 is 1.15 bits per heavy atom. The van der Waals surface area contributed by atoms with Crippen molar-refractivity contribution < 1.29 is 32.2 Å². The lowest BCUT2D eigenvalue weighted by Crippen LogP contribution is -2.50. The summed E-state index contributed by atoms with van der Waals surface area (Å²) in [5, 5.41) is 0. The smallest absolute Gasteiger partial charge is 0.330 e. The molecule has 0 saturated carbocycles. The normalized spacial score (nSPS) is 13.8. The number of carbonyl (C=O) groups excluding carboxylic acids is 2. The first kappa shape index (κ1) is 21.7. The molecule has 0 heterocycles. The Morgan fingerprint density at radius 2 is 1.73 bits per heavy atom. The molecule has 0 aliphatic rings. The maximum Gasteiger partial charge on any atom is 0.330 e. The summed E-state index contributed by atoms with van der Waals surface area (Å²) in [7, 11) is 0. The van der Waals surface area contributed by atoms with Crippen LogP contribution >= 0.6 is 0 Å². The molecule has 0 spiro atoms. The van der Waals surface area contributed by atoms with Crippen LogP contribution in [0.2, 0.25) is 0 Å². The molecule has 0 saturated heterocycles. The molecule has 7 heteroatoms. The highest BCUT2D eigenvalue weighted by molar-refractivity contribution is 6.00. The lowest BCUT2D eigenvalue weighted by molar-refractivity contribution is -0.191. The standard InChI is InChI=1S/C19H23F3O4/c1-5-12-25-16(23)19(15(21)22,17(24)26-18(2,3)4)11-10-13-6-8-14(20)9-7-13/h5-9,15H,1,10-12H2,2-4H3. The highest BCUT2D eigenvalue weighted by Gasteiger charge is 2.57. The van der Waals surface area contributed by atoms with Gasteiger partial charge in [-0.2, -0.15) is 0 Å². The number of esters is 2. The van der Waals surface area contributed by atoms with E-state index in [1.54, 1.807) is 0 Å². The van der Waals surface area contributed by atoms with E-state index in [2.05, 4.69) is 6.58 Å². The second-order valence-electron chi connectivity index (χ2n) is 6.79. The van der Waals surface area contributed by atoms with E-state index >= 15 is 0 Å². The summed E-state index contributed by atoms with van der Waals surface area (Å²) in [6.45, 7) is 7.57. The molecule has 0 aliphatic heterocycles. The first-order valence-corrected chi connectivity index (χ1v) is 8.07. The van der Waals surface area contributed by atoms with Gasteiger partial charge in [-0.05, 0) is 51.3 Å². The van der Waals surface area contributed by atoms with E-state index in [1.807, 2.05) is 0 Å². The summed E-state index contributed by atoms with van der Waals surface area (Å²) >= 11 is 0. The van der Waals surface area contributed by atoms with E-state index in [0.717, 1.165) is 0 Å². The molecule has 0 bridgehead atoms. The fourth-order valence-electron chi connectivity index (χ4n) is 2.20. The van der Waals surface area contributed by atoms with Gasteiger partial charge in [-0.15, -0.1) is 0 Å². The fourth-order valence-corrected chi connectivity index (χ4v) is 2.20. The van der Waals surface area contributed by atoms with Gasteiger partial charge >= 0.3 is 11.9 Å². The van der Waals surface area contributed by atoms with Gasteiger partial charge in [0.2, 0.25) is 5.41 Å². The molecule has 0 aromatic heterocycles. The zero-order valence-electron chi connectivity index (χ0n) is 15.1. The number of aryl methyl sites for hydroxylation is 1. The molecule has 0 N–H and O–H groups in total. The minimum Gasteiger partial charge on any atom is -0.460 e. The molecule has 1 atom stereocenters. The highest BCUT2D eigenvalue weighted by Crippen LogP contribution is 2.36. The Kier molecular flexibility index (Phi) is 7.41. The van der Waals surface area contributed by atoms with E-state index in [4.69, 9.17) is 9.47 Å². The molecule has 0 aliphatic carbocycles. The zero-order valence-corrected chi connectivity index (χ0v) is 15.1. The van der Waals surface area contributed by atoms with Crippen molar-refractivity contribution in [3.63, 3.8) is 0 Å². The lowest BCUT2D eigenvalue weighted by atomic mass is 9.82. The van der Waals surface area contributed by atoms with Crippen LogP contribution in [0, 0.1) is 11.2 Å². The number of hydrogen-bond donors (Lipinski definition) is 0. The second-order valence-corrected chi connectivity index (χ2v) is 6.79. The molecule has 1 aromatic rings. The number of hydrogen-bond acceptors (Lipinski definition) is 4. The first-order chi connectivity index (χ1) is 12.0. The van der Waals surface area contributed by atoms with Crippen LogP contribution in [0.4, 0.5) is 13.2 Å². The number of rotatable bonds is 8. The summed E-state index contributed by atoms with van der Waals surface area (Å²) < 4.78 is 50.7. The molecule has 0 fully saturated rings. The third-order valence-electron chi connectivity index (χ3n) is 3.55. The first-order valence-electron chi connectivity index (χ1n) is 8.07. The monoisotopic (exact) mass is 372 g/mol. The highest BCUT2D eigenvalue weighted by atomic mass is 19.3. The van der Waals surface area contributed by atoms with E-state index in [1.165, 1.54) is 51.1 Å². The average Bonchev–Trinajstić information content (AvgIpc) is 2.53. The van der Waals surface area contributed by atoms with Gasteiger partial charge in [-0.1, -0.05) is 24.8 Å². The molecule has 144 valence electrons. The third kappa shape index (κ3) is 5.61. The van der Waals surface area contributed by atoms with E-state index in [-0.39, 0.29) is 13.0 Å². The number of halogens is 3. The van der Waals surface area contributed by atoms with Crippen LogP contribution in [0.25, 0.3) is 0 Å². The average molecular weight is 372 g/mol. The topological polar surface area (TPSA) is 52.6 Å². The molecule has 4 nitrogen and oxygen atoms in total. The van der Waals surface area contributed by atoms with Gasteiger partial charge in [-0.25, -0.2) is 13.2 Å². The molecule has 0 amide bonds. The Labute approximate surface area is 151 Å². The predicted molar refractivity (Wildman–Crippen MR) is 90.2 cm³/mol. The Balaban J connectivity index is 3.18. The summed E-state index contributed by atoms with van der Waals surface area (Å²) in [6.07, 6.45) is -2.73. The fraction of sp³-hybridized carbons (Fsp3) is 0.474. The van der Waals surface area contributed by atoms with Crippen molar-refractivity contribution in [3.05, 3.63) is 48.3 Å². The molecular weight excluding hydrogens is 349 g/mol. The largest absolute Gasteiger partial charge is 0.460 e. The molecule has 1 unspecified atom stereocenters. The maximum atomic E-state index is 13.9. The summed E-state index contributed by atoms with van der Waals surface area (Å²) in [4.78, 5) is 24.9. The van der Waals surface area contributed by atoms with Crippen LogP contribution in [0.15, 0.2) is 36.9 Å². The number of carbonyl (C=O) groups is 2. The summed E-state index contributed by atoms with van der Waals surface area (Å²) in [6, 6.07) is 5.14. The van der Waals surface area contributed by atoms with Crippen molar-refractivity contribution in [1.82, 2.24) is 0 Å². The van der Waals surface area contributed by atoms with Crippen molar-refractivity contribution >= 4 is 11.9 Å². The number of alkyl halides is 2. The third-order valence-corrected chi connectivity index (χ3v) is 3.55. The van der Waals surface area contributed by atoms with Crippen molar-refractivity contribution in [2.75, 3.05) is 6.61 Å². The van der Waals surface area contributed by atoms with Crippen molar-refractivity contribution in [2.45, 2.75) is 45.6 Å². The van der Waals surface area contributed by atoms with Gasteiger partial charge in [0.15, 0.2) is 0 Å². The lowest BCUT2D eigenvalue weighted by Gasteiger charge is -2.32. The van der Waals surface area contributed by atoms with Crippen LogP contribution in [-0.4, -0.2) is 30.6 Å². The summed E-state index contributed by atoms with van der Waals surface area (Å²) in [5.74, 6) is -3.20. The molecular formula is C19H23F3O4. The maximum absolute atomic E-state index is 13.9. The Hall–Kier alpha value is -2.31. The van der Waals surface area contributed by atoms with Gasteiger partial charge in [0.25, 0.3) is 6.43 Å². The van der Waals surface area contributed by atoms with E-state index < -0.39 is 41.6 Å². The van der Waals surface area contributed by atoms with Crippen LogP contribution in [-0.2, 0) is 25.5 Å². The quantitative estimate of drug-likeness (QED) is 0.392. The number of ether oxygens (including phenoxy) is 2.